The normalized spacial score (nSPS) is 15.2. The standard InChI is InChI=1S/C22H27N5O5/c1-4-26(12-15-13-31-16-8-5-6-9-17(16)32-15)18(28)10-7-11-27-14-23-20-19(27)21(29)25(3)22(30)24(20)2/h5-6,8-9,14-15H,4,7,10-13H2,1-3H3/t15-/m1/s1. The van der Waals surface area contributed by atoms with E-state index in [1.807, 2.05) is 31.2 Å². The molecule has 1 aromatic carbocycles. The van der Waals surface area contributed by atoms with Gasteiger partial charge in [0.05, 0.1) is 12.9 Å². The maximum atomic E-state index is 12.8. The molecule has 0 bridgehead atoms. The fourth-order valence-electron chi connectivity index (χ4n) is 3.93. The van der Waals surface area contributed by atoms with Crippen LogP contribution in [0.1, 0.15) is 19.8 Å². The molecule has 0 unspecified atom stereocenters. The molecule has 0 saturated heterocycles. The Bertz CT molecular complexity index is 1260. The molecule has 170 valence electrons. The van der Waals surface area contributed by atoms with E-state index < -0.39 is 11.2 Å². The summed E-state index contributed by atoms with van der Waals surface area (Å²) < 4.78 is 15.8. The first-order valence-corrected chi connectivity index (χ1v) is 10.7. The molecule has 4 rings (SSSR count). The van der Waals surface area contributed by atoms with Crippen LogP contribution in [-0.4, -0.2) is 55.3 Å². The highest BCUT2D eigenvalue weighted by Crippen LogP contribution is 2.31. The van der Waals surface area contributed by atoms with Crippen LogP contribution in [0.25, 0.3) is 11.2 Å². The fraction of sp³-hybridized carbons (Fsp3) is 0.455. The number of aromatic nitrogens is 4. The lowest BCUT2D eigenvalue weighted by Gasteiger charge is -2.31. The van der Waals surface area contributed by atoms with Crippen molar-refractivity contribution in [3.8, 4) is 11.5 Å². The zero-order chi connectivity index (χ0) is 22.8. The number of benzene rings is 1. The Kier molecular flexibility index (Phi) is 6.02. The third kappa shape index (κ3) is 4.00. The van der Waals surface area contributed by atoms with Gasteiger partial charge in [-0.25, -0.2) is 9.78 Å². The minimum Gasteiger partial charge on any atom is -0.486 e. The summed E-state index contributed by atoms with van der Waals surface area (Å²) in [7, 11) is 3.03. The van der Waals surface area contributed by atoms with Crippen molar-refractivity contribution in [3.63, 3.8) is 0 Å². The van der Waals surface area contributed by atoms with Crippen LogP contribution in [0.3, 0.4) is 0 Å². The van der Waals surface area contributed by atoms with E-state index in [1.54, 1.807) is 16.5 Å². The Morgan fingerprint density at radius 3 is 2.69 bits per heavy atom. The Morgan fingerprint density at radius 2 is 1.94 bits per heavy atom. The molecule has 3 heterocycles. The van der Waals surface area contributed by atoms with E-state index in [9.17, 15) is 14.4 Å². The lowest BCUT2D eigenvalue weighted by atomic mass is 10.2. The van der Waals surface area contributed by atoms with Crippen molar-refractivity contribution in [1.82, 2.24) is 23.6 Å². The second-order valence-electron chi connectivity index (χ2n) is 7.85. The molecule has 2 aromatic heterocycles. The topological polar surface area (TPSA) is 101 Å². The van der Waals surface area contributed by atoms with Crippen LogP contribution < -0.4 is 20.7 Å². The first kappa shape index (κ1) is 21.7. The molecule has 1 atom stereocenters. The summed E-state index contributed by atoms with van der Waals surface area (Å²) in [5.74, 6) is 1.42. The van der Waals surface area contributed by atoms with Crippen LogP contribution in [0.15, 0.2) is 40.2 Å². The summed E-state index contributed by atoms with van der Waals surface area (Å²) in [5, 5.41) is 0. The number of hydrogen-bond donors (Lipinski definition) is 0. The SMILES string of the molecule is CCN(C[C@@H]1COc2ccccc2O1)C(=O)CCCn1cnc2c1c(=O)n(C)c(=O)n2C. The van der Waals surface area contributed by atoms with Crippen molar-refractivity contribution in [3.05, 3.63) is 51.4 Å². The van der Waals surface area contributed by atoms with Crippen LogP contribution in [0.2, 0.25) is 0 Å². The zero-order valence-corrected chi connectivity index (χ0v) is 18.5. The minimum atomic E-state index is -0.418. The molecule has 3 aromatic rings. The van der Waals surface area contributed by atoms with Crippen molar-refractivity contribution < 1.29 is 14.3 Å². The highest BCUT2D eigenvalue weighted by molar-refractivity contribution is 5.76. The highest BCUT2D eigenvalue weighted by atomic mass is 16.6. The van der Waals surface area contributed by atoms with Gasteiger partial charge in [0.25, 0.3) is 5.56 Å². The maximum absolute atomic E-state index is 12.8. The number of hydrogen-bond acceptors (Lipinski definition) is 6. The van der Waals surface area contributed by atoms with Gasteiger partial charge in [0.1, 0.15) is 6.61 Å². The first-order chi connectivity index (χ1) is 15.4. The smallest absolute Gasteiger partial charge is 0.332 e. The lowest BCUT2D eigenvalue weighted by Crippen LogP contribution is -2.43. The minimum absolute atomic E-state index is 0.0136. The average molecular weight is 441 g/mol. The van der Waals surface area contributed by atoms with Gasteiger partial charge < -0.3 is 18.9 Å². The number of ether oxygens (including phenoxy) is 2. The van der Waals surface area contributed by atoms with Crippen molar-refractivity contribution >= 4 is 17.1 Å². The second-order valence-corrected chi connectivity index (χ2v) is 7.85. The predicted octanol–water partition coefficient (Wildman–Crippen LogP) is 0.902. The van der Waals surface area contributed by atoms with Gasteiger partial charge in [-0.05, 0) is 25.5 Å². The van der Waals surface area contributed by atoms with E-state index >= 15 is 0 Å². The molecular weight excluding hydrogens is 414 g/mol. The van der Waals surface area contributed by atoms with E-state index in [0.717, 1.165) is 4.57 Å². The number of nitrogens with zero attached hydrogens (tertiary/aromatic N) is 5. The van der Waals surface area contributed by atoms with Gasteiger partial charge in [-0.1, -0.05) is 12.1 Å². The van der Waals surface area contributed by atoms with Gasteiger partial charge in [-0.2, -0.15) is 0 Å². The van der Waals surface area contributed by atoms with E-state index in [1.165, 1.54) is 17.9 Å². The third-order valence-electron chi connectivity index (χ3n) is 5.73. The molecule has 0 aliphatic carbocycles. The number of aryl methyl sites for hydroxylation is 2. The van der Waals surface area contributed by atoms with Crippen molar-refractivity contribution in [2.24, 2.45) is 14.1 Å². The predicted molar refractivity (Wildman–Crippen MR) is 118 cm³/mol. The number of imidazole rings is 1. The maximum Gasteiger partial charge on any atom is 0.332 e. The van der Waals surface area contributed by atoms with Gasteiger partial charge in [0.15, 0.2) is 28.8 Å². The summed E-state index contributed by atoms with van der Waals surface area (Å²) >= 11 is 0. The van der Waals surface area contributed by atoms with E-state index in [-0.39, 0.29) is 12.0 Å². The molecule has 0 N–H and O–H groups in total. The van der Waals surface area contributed by atoms with Gasteiger partial charge in [0.2, 0.25) is 5.91 Å². The quantitative estimate of drug-likeness (QED) is 0.540. The van der Waals surface area contributed by atoms with Crippen LogP contribution in [0, 0.1) is 0 Å². The van der Waals surface area contributed by atoms with Gasteiger partial charge in [-0.15, -0.1) is 0 Å². The molecule has 0 spiro atoms. The summed E-state index contributed by atoms with van der Waals surface area (Å²) in [4.78, 5) is 43.4. The Labute approximate surface area is 184 Å². The molecule has 10 heteroatoms. The van der Waals surface area contributed by atoms with E-state index in [2.05, 4.69) is 4.98 Å². The highest BCUT2D eigenvalue weighted by Gasteiger charge is 2.24. The average Bonchev–Trinajstić information content (AvgIpc) is 3.23. The van der Waals surface area contributed by atoms with Crippen molar-refractivity contribution in [2.45, 2.75) is 32.4 Å². The molecule has 1 amide bonds. The van der Waals surface area contributed by atoms with Crippen molar-refractivity contribution in [2.75, 3.05) is 19.7 Å². The monoisotopic (exact) mass is 441 g/mol. The molecule has 1 aliphatic heterocycles. The van der Waals surface area contributed by atoms with E-state index in [4.69, 9.17) is 9.47 Å². The second kappa shape index (κ2) is 8.89. The first-order valence-electron chi connectivity index (χ1n) is 10.7. The third-order valence-corrected chi connectivity index (χ3v) is 5.73. The number of carbonyl (C=O) groups is 1. The summed E-state index contributed by atoms with van der Waals surface area (Å²) in [6.45, 7) is 3.79. The van der Waals surface area contributed by atoms with Gasteiger partial charge >= 0.3 is 5.69 Å². The van der Waals surface area contributed by atoms with Crippen LogP contribution in [0.4, 0.5) is 0 Å². The Balaban J connectivity index is 1.37. The Hall–Kier alpha value is -3.56. The molecule has 0 saturated carbocycles. The molecule has 0 radical (unpaired) electrons. The molecular formula is C22H27N5O5. The molecule has 0 fully saturated rings. The summed E-state index contributed by atoms with van der Waals surface area (Å²) in [6, 6.07) is 7.50. The molecule has 1 aliphatic rings. The lowest BCUT2D eigenvalue weighted by molar-refractivity contribution is -0.132. The largest absolute Gasteiger partial charge is 0.486 e. The summed E-state index contributed by atoms with van der Waals surface area (Å²) in [6.07, 6.45) is 2.18. The molecule has 10 nitrogen and oxygen atoms in total. The van der Waals surface area contributed by atoms with Gasteiger partial charge in [-0.3, -0.25) is 18.7 Å². The fourth-order valence-corrected chi connectivity index (χ4v) is 3.93. The number of likely N-dealkylation sites (N-methyl/N-ethyl adjacent to an activating group) is 1. The Morgan fingerprint density at radius 1 is 1.19 bits per heavy atom. The number of rotatable bonds is 7. The summed E-state index contributed by atoms with van der Waals surface area (Å²) in [5.41, 5.74) is -0.106. The van der Waals surface area contributed by atoms with E-state index in [0.29, 0.717) is 61.7 Å². The van der Waals surface area contributed by atoms with Gasteiger partial charge in [0, 0.05) is 33.6 Å². The van der Waals surface area contributed by atoms with Crippen LogP contribution in [-0.2, 0) is 25.4 Å². The number of amides is 1. The van der Waals surface area contributed by atoms with Crippen LogP contribution in [0.5, 0.6) is 11.5 Å². The van der Waals surface area contributed by atoms with Crippen LogP contribution >= 0.6 is 0 Å². The number of carbonyl (C=O) groups excluding carboxylic acids is 1. The number of fused-ring (bicyclic) bond motifs is 2. The zero-order valence-electron chi connectivity index (χ0n) is 18.5. The van der Waals surface area contributed by atoms with Crippen molar-refractivity contribution in [1.29, 1.82) is 0 Å². The molecule has 32 heavy (non-hydrogen) atoms. The number of para-hydroxylation sites is 2.